The fourth-order valence-corrected chi connectivity index (χ4v) is 3.58. The summed E-state index contributed by atoms with van der Waals surface area (Å²) < 4.78 is 46.2. The maximum absolute atomic E-state index is 13.7. The lowest BCUT2D eigenvalue weighted by Crippen LogP contribution is -2.22. The van der Waals surface area contributed by atoms with Crippen LogP contribution in [-0.2, 0) is 6.18 Å². The first-order valence-electron chi connectivity index (χ1n) is 9.19. The smallest absolute Gasteiger partial charge is 0.416 e. The Hall–Kier alpha value is -3.28. The van der Waals surface area contributed by atoms with Crippen LogP contribution >= 0.6 is 0 Å². The van der Waals surface area contributed by atoms with E-state index in [1.54, 1.807) is 18.2 Å². The van der Waals surface area contributed by atoms with Crippen LogP contribution < -0.4 is 9.75 Å². The molecular weight excluding hydrogens is 377 g/mol. The van der Waals surface area contributed by atoms with Crippen LogP contribution in [0.25, 0.3) is 0 Å². The second-order valence-electron chi connectivity index (χ2n) is 6.76. The van der Waals surface area contributed by atoms with Crippen molar-refractivity contribution in [2.75, 3.05) is 12.1 Å². The van der Waals surface area contributed by atoms with E-state index < -0.39 is 17.8 Å². The highest BCUT2D eigenvalue weighted by atomic mass is 19.4. The van der Waals surface area contributed by atoms with Gasteiger partial charge in [0.2, 0.25) is 0 Å². The Morgan fingerprint density at radius 2 is 1.55 bits per heavy atom. The molecule has 0 aromatic heterocycles. The lowest BCUT2D eigenvalue weighted by molar-refractivity contribution is -0.138. The minimum atomic E-state index is -4.43. The number of halogens is 3. The fourth-order valence-electron chi connectivity index (χ4n) is 3.58. The number of hydrogen-bond donors (Lipinski definition) is 0. The molecule has 0 N–H and O–H groups in total. The predicted octanol–water partition coefficient (Wildman–Crippen LogP) is 6.07. The third-order valence-corrected chi connectivity index (χ3v) is 4.98. The monoisotopic (exact) mass is 396 g/mol. The van der Waals surface area contributed by atoms with E-state index in [2.05, 4.69) is 0 Å². The van der Waals surface area contributed by atoms with E-state index in [1.807, 2.05) is 54.6 Å². The summed E-state index contributed by atoms with van der Waals surface area (Å²) in [7, 11) is 1.59. The summed E-state index contributed by atoms with van der Waals surface area (Å²) in [5, 5.41) is 6.39. The average Bonchev–Trinajstić information content (AvgIpc) is 3.19. The van der Waals surface area contributed by atoms with Gasteiger partial charge in [0.25, 0.3) is 0 Å². The molecule has 1 heterocycles. The molecule has 3 aromatic rings. The van der Waals surface area contributed by atoms with Crippen LogP contribution in [0.5, 0.6) is 5.75 Å². The zero-order valence-corrected chi connectivity index (χ0v) is 15.7. The Balaban J connectivity index is 1.78. The number of methoxy groups -OCH3 is 1. The standard InChI is InChI=1S/C23H19F3N2O/c1-29-18-13-11-16(12-14-18)21-15-22(28(27-21)17-7-3-2-4-8-17)19-9-5-6-10-20(19)23(24,25)26/h2-14,22H,15H2,1H3/t22-/m0/s1. The molecule has 1 atom stereocenters. The van der Waals surface area contributed by atoms with Crippen molar-refractivity contribution in [3.63, 3.8) is 0 Å². The number of ether oxygens (including phenoxy) is 1. The van der Waals surface area contributed by atoms with E-state index in [4.69, 9.17) is 9.84 Å². The van der Waals surface area contributed by atoms with Crippen molar-refractivity contribution in [3.05, 3.63) is 95.6 Å². The number of hydrogen-bond acceptors (Lipinski definition) is 3. The van der Waals surface area contributed by atoms with Gasteiger partial charge in [-0.15, -0.1) is 0 Å². The normalized spacial score (nSPS) is 16.6. The molecule has 0 spiro atoms. The van der Waals surface area contributed by atoms with Gasteiger partial charge >= 0.3 is 6.18 Å². The van der Waals surface area contributed by atoms with E-state index in [9.17, 15) is 13.2 Å². The number of hydrazone groups is 1. The Labute approximate surface area is 167 Å². The van der Waals surface area contributed by atoms with E-state index >= 15 is 0 Å². The van der Waals surface area contributed by atoms with Gasteiger partial charge in [0.05, 0.1) is 30.1 Å². The van der Waals surface area contributed by atoms with Gasteiger partial charge in [-0.3, -0.25) is 5.01 Å². The molecule has 29 heavy (non-hydrogen) atoms. The number of benzene rings is 3. The molecule has 0 amide bonds. The van der Waals surface area contributed by atoms with Crippen molar-refractivity contribution >= 4 is 11.4 Å². The van der Waals surface area contributed by atoms with Crippen LogP contribution in [0.1, 0.15) is 29.2 Å². The molecule has 1 aliphatic heterocycles. The lowest BCUT2D eigenvalue weighted by atomic mass is 9.94. The molecule has 0 saturated heterocycles. The molecule has 0 saturated carbocycles. The van der Waals surface area contributed by atoms with Crippen molar-refractivity contribution in [2.45, 2.75) is 18.6 Å². The lowest BCUT2D eigenvalue weighted by Gasteiger charge is -2.26. The van der Waals surface area contributed by atoms with Crippen LogP contribution in [0, 0.1) is 0 Å². The maximum Gasteiger partial charge on any atom is 0.416 e. The molecule has 6 heteroatoms. The van der Waals surface area contributed by atoms with Crippen LogP contribution in [0.3, 0.4) is 0 Å². The van der Waals surface area contributed by atoms with Crippen LogP contribution in [-0.4, -0.2) is 12.8 Å². The molecular formula is C23H19F3N2O. The molecule has 3 nitrogen and oxygen atoms in total. The van der Waals surface area contributed by atoms with Gasteiger partial charge in [-0.25, -0.2) is 0 Å². The minimum Gasteiger partial charge on any atom is -0.497 e. The van der Waals surface area contributed by atoms with Gasteiger partial charge in [0, 0.05) is 6.42 Å². The summed E-state index contributed by atoms with van der Waals surface area (Å²) in [6, 6.07) is 21.8. The first kappa shape index (κ1) is 19.1. The number of alkyl halides is 3. The third kappa shape index (κ3) is 3.83. The van der Waals surface area contributed by atoms with E-state index in [-0.39, 0.29) is 5.56 Å². The number of nitrogens with zero attached hydrogens (tertiary/aromatic N) is 2. The van der Waals surface area contributed by atoms with Crippen LogP contribution in [0.2, 0.25) is 0 Å². The van der Waals surface area contributed by atoms with Gasteiger partial charge < -0.3 is 4.74 Å². The Kier molecular flexibility index (Phi) is 5.01. The molecule has 0 radical (unpaired) electrons. The summed E-state index contributed by atoms with van der Waals surface area (Å²) in [5.74, 6) is 0.714. The number of para-hydroxylation sites is 1. The molecule has 1 aliphatic rings. The SMILES string of the molecule is COc1ccc(C2=NN(c3ccccc3)[C@H](c3ccccc3C(F)(F)F)C2)cc1. The van der Waals surface area contributed by atoms with Crippen molar-refractivity contribution in [1.82, 2.24) is 0 Å². The van der Waals surface area contributed by atoms with Gasteiger partial charge in [0.1, 0.15) is 5.75 Å². The topological polar surface area (TPSA) is 24.8 Å². The molecule has 0 bridgehead atoms. The van der Waals surface area contributed by atoms with Gasteiger partial charge in [-0.2, -0.15) is 18.3 Å². The summed E-state index contributed by atoms with van der Waals surface area (Å²) in [4.78, 5) is 0. The second kappa shape index (κ2) is 7.62. The summed E-state index contributed by atoms with van der Waals surface area (Å²) in [6.07, 6.45) is -4.06. The highest BCUT2D eigenvalue weighted by Gasteiger charge is 2.39. The van der Waals surface area contributed by atoms with E-state index in [0.29, 0.717) is 12.2 Å². The van der Waals surface area contributed by atoms with Crippen molar-refractivity contribution in [1.29, 1.82) is 0 Å². The van der Waals surface area contributed by atoms with E-state index in [0.717, 1.165) is 23.0 Å². The highest BCUT2D eigenvalue weighted by molar-refractivity contribution is 6.03. The van der Waals surface area contributed by atoms with Crippen LogP contribution in [0.15, 0.2) is 84.0 Å². The van der Waals surface area contributed by atoms with Gasteiger partial charge in [-0.05, 0) is 53.6 Å². The van der Waals surface area contributed by atoms with E-state index in [1.165, 1.54) is 12.1 Å². The molecule has 4 rings (SSSR count). The Morgan fingerprint density at radius 3 is 2.21 bits per heavy atom. The first-order valence-corrected chi connectivity index (χ1v) is 9.19. The van der Waals surface area contributed by atoms with Gasteiger partial charge in [-0.1, -0.05) is 36.4 Å². The zero-order valence-electron chi connectivity index (χ0n) is 15.7. The fraction of sp³-hybridized carbons (Fsp3) is 0.174. The Morgan fingerprint density at radius 1 is 0.897 bits per heavy atom. The van der Waals surface area contributed by atoms with Crippen molar-refractivity contribution < 1.29 is 17.9 Å². The average molecular weight is 396 g/mol. The van der Waals surface area contributed by atoms with Crippen molar-refractivity contribution in [3.8, 4) is 5.75 Å². The van der Waals surface area contributed by atoms with Crippen LogP contribution in [0.4, 0.5) is 18.9 Å². The Bertz CT molecular complexity index is 1010. The zero-order chi connectivity index (χ0) is 20.4. The molecule has 0 unspecified atom stereocenters. The molecule has 0 fully saturated rings. The number of anilines is 1. The highest BCUT2D eigenvalue weighted by Crippen LogP contribution is 2.42. The largest absolute Gasteiger partial charge is 0.497 e. The summed E-state index contributed by atoms with van der Waals surface area (Å²) in [6.45, 7) is 0. The predicted molar refractivity (Wildman–Crippen MR) is 107 cm³/mol. The molecule has 148 valence electrons. The maximum atomic E-state index is 13.7. The minimum absolute atomic E-state index is 0.219. The van der Waals surface area contributed by atoms with Gasteiger partial charge in [0.15, 0.2) is 0 Å². The second-order valence-corrected chi connectivity index (χ2v) is 6.76. The third-order valence-electron chi connectivity index (χ3n) is 4.98. The summed E-state index contributed by atoms with van der Waals surface area (Å²) >= 11 is 0. The first-order chi connectivity index (χ1) is 14.0. The summed E-state index contributed by atoms with van der Waals surface area (Å²) in [5.41, 5.74) is 1.93. The molecule has 3 aromatic carbocycles. The molecule has 0 aliphatic carbocycles. The number of rotatable bonds is 4. The van der Waals surface area contributed by atoms with Crippen molar-refractivity contribution in [2.24, 2.45) is 5.10 Å². The quantitative estimate of drug-likeness (QED) is 0.535.